The Morgan fingerprint density at radius 2 is 1.81 bits per heavy atom. The summed E-state index contributed by atoms with van der Waals surface area (Å²) in [6, 6.07) is 9.01. The van der Waals surface area contributed by atoms with Crippen molar-refractivity contribution in [3.05, 3.63) is 35.9 Å². The second-order valence-electron chi connectivity index (χ2n) is 6.88. The minimum absolute atomic E-state index is 0.0455. The molecule has 0 spiro atoms. The van der Waals surface area contributed by atoms with Gasteiger partial charge in [-0.15, -0.1) is 0 Å². The van der Waals surface area contributed by atoms with E-state index in [1.807, 2.05) is 18.2 Å². The summed E-state index contributed by atoms with van der Waals surface area (Å²) in [6.45, 7) is 6.67. The van der Waals surface area contributed by atoms with Crippen LogP contribution in [-0.4, -0.2) is 41.7 Å². The van der Waals surface area contributed by atoms with Crippen LogP contribution in [0.5, 0.6) is 0 Å². The Labute approximate surface area is 157 Å². The number of benzene rings is 1. The van der Waals surface area contributed by atoms with Gasteiger partial charge in [-0.3, -0.25) is 4.90 Å². The van der Waals surface area contributed by atoms with E-state index >= 15 is 0 Å². The van der Waals surface area contributed by atoms with Crippen molar-refractivity contribution in [3.63, 3.8) is 0 Å². The zero-order chi connectivity index (χ0) is 18.8. The number of hydrogen-bond donors (Lipinski definition) is 1. The molecule has 1 saturated carbocycles. The van der Waals surface area contributed by atoms with E-state index in [9.17, 15) is 9.90 Å². The Bertz CT molecular complexity index is 609. The van der Waals surface area contributed by atoms with Crippen LogP contribution < -0.4 is 0 Å². The summed E-state index contributed by atoms with van der Waals surface area (Å²) in [5, 5.41) is 11.2. The molecule has 26 heavy (non-hydrogen) atoms. The molecule has 0 saturated heterocycles. The van der Waals surface area contributed by atoms with E-state index < -0.39 is 11.6 Å². The lowest BCUT2D eigenvalue weighted by Crippen LogP contribution is -2.39. The van der Waals surface area contributed by atoms with Gasteiger partial charge in [0.2, 0.25) is 0 Å². The zero-order valence-corrected chi connectivity index (χ0v) is 16.0. The number of carbonyl (C=O) groups excluding carboxylic acids is 1. The number of ether oxygens (including phenoxy) is 1. The maximum absolute atomic E-state index is 12.8. The summed E-state index contributed by atoms with van der Waals surface area (Å²) >= 11 is 0. The van der Waals surface area contributed by atoms with Crippen molar-refractivity contribution in [2.24, 2.45) is 0 Å². The van der Waals surface area contributed by atoms with Crippen molar-refractivity contribution in [1.82, 2.24) is 4.90 Å². The molecule has 1 aromatic carbocycles. The molecule has 1 unspecified atom stereocenters. The van der Waals surface area contributed by atoms with Gasteiger partial charge in [-0.05, 0) is 44.3 Å². The third-order valence-corrected chi connectivity index (χ3v) is 5.08. The molecule has 142 valence electrons. The van der Waals surface area contributed by atoms with E-state index in [-0.39, 0.29) is 12.5 Å². The van der Waals surface area contributed by atoms with Crippen molar-refractivity contribution in [2.75, 3.05) is 19.6 Å². The number of hydrogen-bond acceptors (Lipinski definition) is 4. The van der Waals surface area contributed by atoms with Crippen LogP contribution >= 0.6 is 0 Å². The normalized spacial score (nSPS) is 17.2. The first-order valence-electron chi connectivity index (χ1n) is 9.77. The average molecular weight is 357 g/mol. The van der Waals surface area contributed by atoms with Crippen LogP contribution in [-0.2, 0) is 15.1 Å². The molecule has 0 aromatic heterocycles. The molecule has 1 aliphatic carbocycles. The highest BCUT2D eigenvalue weighted by atomic mass is 16.6. The third kappa shape index (κ3) is 5.59. The molecule has 1 atom stereocenters. The fourth-order valence-electron chi connectivity index (χ4n) is 3.24. The lowest BCUT2D eigenvalue weighted by atomic mass is 9.90. The van der Waals surface area contributed by atoms with Gasteiger partial charge in [0.25, 0.3) is 0 Å². The highest BCUT2D eigenvalue weighted by molar-refractivity contribution is 5.81. The van der Waals surface area contributed by atoms with Gasteiger partial charge in [-0.25, -0.2) is 4.79 Å². The highest BCUT2D eigenvalue weighted by Crippen LogP contribution is 2.29. The van der Waals surface area contributed by atoms with Crippen LogP contribution in [0.3, 0.4) is 0 Å². The third-order valence-electron chi connectivity index (χ3n) is 5.08. The molecule has 0 radical (unpaired) electrons. The smallest absolute Gasteiger partial charge is 0.344 e. The average Bonchev–Trinajstić information content (AvgIpc) is 2.69. The Balaban J connectivity index is 2.11. The SMILES string of the molecule is CCN(CC)CC#CCC(O)(C(=O)OC1CCCCC1)c1ccccc1. The quantitative estimate of drug-likeness (QED) is 0.599. The number of rotatable bonds is 7. The fraction of sp³-hybridized carbons (Fsp3) is 0.591. The van der Waals surface area contributed by atoms with Crippen LogP contribution in [0.25, 0.3) is 0 Å². The summed E-state index contributed by atoms with van der Waals surface area (Å²) < 4.78 is 5.66. The fourth-order valence-corrected chi connectivity index (χ4v) is 3.24. The molecule has 4 heteroatoms. The summed E-state index contributed by atoms with van der Waals surface area (Å²) in [6.07, 6.45) is 5.05. The van der Waals surface area contributed by atoms with Gasteiger partial charge in [0, 0.05) is 0 Å². The van der Waals surface area contributed by atoms with Gasteiger partial charge < -0.3 is 9.84 Å². The molecule has 0 heterocycles. The molecule has 1 aliphatic rings. The van der Waals surface area contributed by atoms with Gasteiger partial charge in [0.05, 0.1) is 13.0 Å². The number of nitrogens with zero attached hydrogens (tertiary/aromatic N) is 1. The van der Waals surface area contributed by atoms with Crippen LogP contribution in [0, 0.1) is 11.8 Å². The Morgan fingerprint density at radius 1 is 1.15 bits per heavy atom. The molecule has 1 aromatic rings. The maximum Gasteiger partial charge on any atom is 0.344 e. The first kappa shape index (κ1) is 20.5. The standard InChI is InChI=1S/C22H31NO3/c1-3-23(4-2)18-12-11-17-22(25,19-13-7-5-8-14-19)21(24)26-20-15-9-6-10-16-20/h5,7-8,13-14,20,25H,3-4,6,9-10,15-18H2,1-2H3. The molecule has 2 rings (SSSR count). The summed E-state index contributed by atoms with van der Waals surface area (Å²) in [5.41, 5.74) is -1.17. The largest absolute Gasteiger partial charge is 0.460 e. The predicted molar refractivity (Wildman–Crippen MR) is 103 cm³/mol. The molecule has 0 aliphatic heterocycles. The van der Waals surface area contributed by atoms with E-state index in [0.29, 0.717) is 12.1 Å². The lowest BCUT2D eigenvalue weighted by Gasteiger charge is -2.29. The lowest BCUT2D eigenvalue weighted by molar-refractivity contribution is -0.173. The number of carbonyl (C=O) groups is 1. The Kier molecular flexibility index (Phi) is 8.15. The van der Waals surface area contributed by atoms with Crippen molar-refractivity contribution >= 4 is 5.97 Å². The van der Waals surface area contributed by atoms with E-state index in [2.05, 4.69) is 30.6 Å². The minimum Gasteiger partial charge on any atom is -0.460 e. The summed E-state index contributed by atoms with van der Waals surface area (Å²) in [7, 11) is 0. The molecule has 1 fully saturated rings. The van der Waals surface area contributed by atoms with E-state index in [4.69, 9.17) is 4.74 Å². The predicted octanol–water partition coefficient (Wildman–Crippen LogP) is 3.49. The molecule has 0 amide bonds. The van der Waals surface area contributed by atoms with Crippen LogP contribution in [0.15, 0.2) is 30.3 Å². The van der Waals surface area contributed by atoms with Crippen molar-refractivity contribution in [3.8, 4) is 11.8 Å². The molecule has 0 bridgehead atoms. The zero-order valence-electron chi connectivity index (χ0n) is 16.0. The van der Waals surface area contributed by atoms with E-state index in [0.717, 1.165) is 38.8 Å². The van der Waals surface area contributed by atoms with Crippen LogP contribution in [0.1, 0.15) is 57.9 Å². The van der Waals surface area contributed by atoms with Crippen LogP contribution in [0.2, 0.25) is 0 Å². The van der Waals surface area contributed by atoms with E-state index in [1.54, 1.807) is 12.1 Å². The minimum atomic E-state index is -1.71. The van der Waals surface area contributed by atoms with Crippen molar-refractivity contribution in [2.45, 2.75) is 64.1 Å². The Morgan fingerprint density at radius 3 is 2.42 bits per heavy atom. The molecular weight excluding hydrogens is 326 g/mol. The van der Waals surface area contributed by atoms with E-state index in [1.165, 1.54) is 6.42 Å². The first-order chi connectivity index (χ1) is 12.6. The maximum atomic E-state index is 12.8. The monoisotopic (exact) mass is 357 g/mol. The molecule has 1 N–H and O–H groups in total. The van der Waals surface area contributed by atoms with Gasteiger partial charge in [0.1, 0.15) is 6.10 Å². The number of esters is 1. The molecule has 4 nitrogen and oxygen atoms in total. The van der Waals surface area contributed by atoms with Crippen LogP contribution in [0.4, 0.5) is 0 Å². The Hall–Kier alpha value is -1.83. The number of aliphatic hydroxyl groups is 1. The van der Waals surface area contributed by atoms with Gasteiger partial charge in [0.15, 0.2) is 5.60 Å². The topological polar surface area (TPSA) is 49.8 Å². The van der Waals surface area contributed by atoms with Gasteiger partial charge in [-0.1, -0.05) is 62.4 Å². The second kappa shape index (κ2) is 10.4. The van der Waals surface area contributed by atoms with Crippen molar-refractivity contribution < 1.29 is 14.6 Å². The summed E-state index contributed by atoms with van der Waals surface area (Å²) in [5.74, 6) is 5.50. The van der Waals surface area contributed by atoms with Gasteiger partial charge >= 0.3 is 5.97 Å². The van der Waals surface area contributed by atoms with Gasteiger partial charge in [-0.2, -0.15) is 0 Å². The summed E-state index contributed by atoms with van der Waals surface area (Å²) in [4.78, 5) is 15.0. The van der Waals surface area contributed by atoms with Crippen molar-refractivity contribution in [1.29, 1.82) is 0 Å². The second-order valence-corrected chi connectivity index (χ2v) is 6.88. The molecular formula is C22H31NO3. The first-order valence-corrected chi connectivity index (χ1v) is 9.77. The highest BCUT2D eigenvalue weighted by Gasteiger charge is 2.40.